The van der Waals surface area contributed by atoms with Gasteiger partial charge in [-0.3, -0.25) is 14.5 Å². The number of hydrazone groups is 1. The Morgan fingerprint density at radius 2 is 1.86 bits per heavy atom. The predicted octanol–water partition coefficient (Wildman–Crippen LogP) is 3.51. The second-order valence-electron chi connectivity index (χ2n) is 6.60. The van der Waals surface area contributed by atoms with Crippen molar-refractivity contribution in [3.8, 4) is 0 Å². The molecule has 0 radical (unpaired) electrons. The Hall–Kier alpha value is -2.51. The highest BCUT2D eigenvalue weighted by Gasteiger charge is 2.23. The first kappa shape index (κ1) is 22.8. The minimum absolute atomic E-state index is 0.0634. The Labute approximate surface area is 177 Å². The van der Waals surface area contributed by atoms with E-state index in [1.165, 1.54) is 0 Å². The lowest BCUT2D eigenvalue weighted by Gasteiger charge is -2.27. The highest BCUT2D eigenvalue weighted by atomic mass is 32.1. The monoisotopic (exact) mass is 414 g/mol. The predicted molar refractivity (Wildman–Crippen MR) is 119 cm³/mol. The molecule has 0 aliphatic carbocycles. The summed E-state index contributed by atoms with van der Waals surface area (Å²) in [7, 11) is 0. The van der Waals surface area contributed by atoms with Gasteiger partial charge in [-0.05, 0) is 55.9 Å². The van der Waals surface area contributed by atoms with E-state index in [1.54, 1.807) is 29.7 Å². The summed E-state index contributed by atoms with van der Waals surface area (Å²) in [5.74, 6) is -0.152. The quantitative estimate of drug-likeness (QED) is 0.317. The van der Waals surface area contributed by atoms with E-state index >= 15 is 0 Å². The molecule has 2 aromatic rings. The summed E-state index contributed by atoms with van der Waals surface area (Å²) in [6, 6.07) is 12.9. The van der Waals surface area contributed by atoms with Crippen molar-refractivity contribution < 1.29 is 9.59 Å². The number of carbonyl (C=O) groups excluding carboxylic acids is 2. The van der Waals surface area contributed by atoms with Gasteiger partial charge in [0.25, 0.3) is 11.8 Å². The highest BCUT2D eigenvalue weighted by molar-refractivity contribution is 7.11. The van der Waals surface area contributed by atoms with Crippen LogP contribution in [0.4, 0.5) is 0 Å². The van der Waals surface area contributed by atoms with E-state index in [0.717, 1.165) is 37.2 Å². The molecule has 6 nitrogen and oxygen atoms in total. The molecule has 1 atom stereocenters. The molecular formula is C22H30N4O2S. The molecule has 0 saturated carbocycles. The van der Waals surface area contributed by atoms with Crippen LogP contribution in [0.3, 0.4) is 0 Å². The Bertz CT molecular complexity index is 758. The average Bonchev–Trinajstić information content (AvgIpc) is 3.26. The molecule has 29 heavy (non-hydrogen) atoms. The Kier molecular flexibility index (Phi) is 10.1. The molecule has 2 N–H and O–H groups in total. The second kappa shape index (κ2) is 12.9. The molecule has 0 aliphatic rings. The maximum Gasteiger partial charge on any atom is 0.257 e. The minimum Gasteiger partial charge on any atom is -0.352 e. The van der Waals surface area contributed by atoms with E-state index < -0.39 is 0 Å². The van der Waals surface area contributed by atoms with Crippen molar-refractivity contribution in [2.24, 2.45) is 5.10 Å². The van der Waals surface area contributed by atoms with Crippen LogP contribution in [0.1, 0.15) is 48.3 Å². The first-order valence-electron chi connectivity index (χ1n) is 10.1. The number of amides is 2. The number of nitrogens with one attached hydrogen (secondary N) is 2. The van der Waals surface area contributed by atoms with Gasteiger partial charge in [0, 0.05) is 17.0 Å². The summed E-state index contributed by atoms with van der Waals surface area (Å²) in [6.45, 7) is 6.30. The Morgan fingerprint density at radius 1 is 1.10 bits per heavy atom. The van der Waals surface area contributed by atoms with Gasteiger partial charge in [-0.25, -0.2) is 5.43 Å². The zero-order valence-electron chi connectivity index (χ0n) is 17.1. The number of rotatable bonds is 12. The van der Waals surface area contributed by atoms with Gasteiger partial charge in [-0.1, -0.05) is 38.1 Å². The maximum atomic E-state index is 12.7. The fourth-order valence-corrected chi connectivity index (χ4v) is 3.68. The molecule has 7 heteroatoms. The van der Waals surface area contributed by atoms with Gasteiger partial charge in [0.2, 0.25) is 0 Å². The molecule has 1 heterocycles. The molecular weight excluding hydrogens is 384 g/mol. The maximum absolute atomic E-state index is 12.7. The zero-order chi connectivity index (χ0) is 20.9. The first-order valence-corrected chi connectivity index (χ1v) is 11.0. The van der Waals surface area contributed by atoms with E-state index in [2.05, 4.69) is 34.6 Å². The van der Waals surface area contributed by atoms with Gasteiger partial charge in [-0.15, -0.1) is 11.3 Å². The number of thiophene rings is 1. The number of hydrogen-bond donors (Lipinski definition) is 2. The minimum atomic E-state index is -0.227. The van der Waals surface area contributed by atoms with Gasteiger partial charge in [0.15, 0.2) is 0 Å². The molecule has 0 bridgehead atoms. The first-order chi connectivity index (χ1) is 14.2. The lowest BCUT2D eigenvalue weighted by atomic mass is 10.1. The van der Waals surface area contributed by atoms with E-state index in [0.29, 0.717) is 12.1 Å². The van der Waals surface area contributed by atoms with Gasteiger partial charge in [0.1, 0.15) is 0 Å². The average molecular weight is 415 g/mol. The zero-order valence-corrected chi connectivity index (χ0v) is 18.0. The molecule has 0 fully saturated rings. The standard InChI is InChI=1S/C22H30N4O2S/c1-3-26(4-2)20(22(28)25-24-17-19-13-10-16-29-19)14-8-9-15-23-21(27)18-11-6-5-7-12-18/h5-7,10-13,16-17,20H,3-4,8-9,14-15H2,1-2H3,(H,23,27)(H,25,28). The topological polar surface area (TPSA) is 73.8 Å². The van der Waals surface area contributed by atoms with Crippen LogP contribution in [-0.4, -0.2) is 48.6 Å². The van der Waals surface area contributed by atoms with Crippen LogP contribution < -0.4 is 10.7 Å². The summed E-state index contributed by atoms with van der Waals surface area (Å²) in [4.78, 5) is 27.9. The normalized spacial score (nSPS) is 12.2. The Morgan fingerprint density at radius 3 is 2.52 bits per heavy atom. The third kappa shape index (κ3) is 7.79. The fourth-order valence-electron chi connectivity index (χ4n) is 3.10. The Balaban J connectivity index is 1.78. The number of unbranched alkanes of at least 4 members (excludes halogenated alkanes) is 1. The molecule has 1 unspecified atom stereocenters. The molecule has 0 spiro atoms. The van der Waals surface area contributed by atoms with Crippen molar-refractivity contribution >= 4 is 29.4 Å². The third-order valence-electron chi connectivity index (χ3n) is 4.69. The van der Waals surface area contributed by atoms with Gasteiger partial charge < -0.3 is 5.32 Å². The van der Waals surface area contributed by atoms with Crippen molar-refractivity contribution in [3.63, 3.8) is 0 Å². The van der Waals surface area contributed by atoms with Crippen molar-refractivity contribution in [1.82, 2.24) is 15.6 Å². The summed E-state index contributed by atoms with van der Waals surface area (Å²) >= 11 is 1.57. The van der Waals surface area contributed by atoms with Gasteiger partial charge in [0.05, 0.1) is 12.3 Å². The smallest absolute Gasteiger partial charge is 0.257 e. The largest absolute Gasteiger partial charge is 0.352 e. The summed E-state index contributed by atoms with van der Waals surface area (Å²) in [5.41, 5.74) is 3.34. The van der Waals surface area contributed by atoms with Crippen LogP contribution in [0.15, 0.2) is 52.9 Å². The molecule has 1 aromatic carbocycles. The van der Waals surface area contributed by atoms with Gasteiger partial charge >= 0.3 is 0 Å². The fraction of sp³-hybridized carbons (Fsp3) is 0.409. The molecule has 2 rings (SSSR count). The summed E-state index contributed by atoms with van der Waals surface area (Å²) in [6.07, 6.45) is 4.06. The molecule has 0 aliphatic heterocycles. The second-order valence-corrected chi connectivity index (χ2v) is 7.58. The van der Waals surface area contributed by atoms with Crippen molar-refractivity contribution in [2.75, 3.05) is 19.6 Å². The molecule has 156 valence electrons. The third-order valence-corrected chi connectivity index (χ3v) is 5.50. The van der Waals surface area contributed by atoms with Crippen LogP contribution in [0, 0.1) is 0 Å². The molecule has 2 amide bonds. The lowest BCUT2D eigenvalue weighted by molar-refractivity contribution is -0.126. The number of nitrogens with zero attached hydrogens (tertiary/aromatic N) is 2. The highest BCUT2D eigenvalue weighted by Crippen LogP contribution is 2.10. The SMILES string of the molecule is CCN(CC)C(CCCCNC(=O)c1ccccc1)C(=O)NN=Cc1cccs1. The van der Waals surface area contributed by atoms with Crippen LogP contribution in [0.5, 0.6) is 0 Å². The number of hydrogen-bond acceptors (Lipinski definition) is 5. The number of benzene rings is 1. The van der Waals surface area contributed by atoms with E-state index in [1.807, 2.05) is 35.7 Å². The number of likely N-dealkylation sites (N-methyl/N-ethyl adjacent to an activating group) is 1. The van der Waals surface area contributed by atoms with Crippen LogP contribution >= 0.6 is 11.3 Å². The van der Waals surface area contributed by atoms with E-state index in [9.17, 15) is 9.59 Å². The molecule has 0 saturated heterocycles. The van der Waals surface area contributed by atoms with E-state index in [-0.39, 0.29) is 17.9 Å². The van der Waals surface area contributed by atoms with Crippen LogP contribution in [0.2, 0.25) is 0 Å². The van der Waals surface area contributed by atoms with Crippen molar-refractivity contribution in [2.45, 2.75) is 39.2 Å². The summed E-state index contributed by atoms with van der Waals surface area (Å²) in [5, 5.41) is 8.99. The lowest BCUT2D eigenvalue weighted by Crippen LogP contribution is -2.45. The van der Waals surface area contributed by atoms with Crippen LogP contribution in [-0.2, 0) is 4.79 Å². The van der Waals surface area contributed by atoms with Crippen LogP contribution in [0.25, 0.3) is 0 Å². The van der Waals surface area contributed by atoms with E-state index in [4.69, 9.17) is 0 Å². The summed E-state index contributed by atoms with van der Waals surface area (Å²) < 4.78 is 0. The van der Waals surface area contributed by atoms with Crippen molar-refractivity contribution in [1.29, 1.82) is 0 Å². The molecule has 1 aromatic heterocycles. The van der Waals surface area contributed by atoms with Crippen molar-refractivity contribution in [3.05, 3.63) is 58.3 Å². The van der Waals surface area contributed by atoms with Gasteiger partial charge in [-0.2, -0.15) is 5.10 Å². The number of carbonyl (C=O) groups is 2.